The van der Waals surface area contributed by atoms with E-state index >= 15 is 0 Å². The van der Waals surface area contributed by atoms with Crippen molar-refractivity contribution in [2.45, 2.75) is 57.3 Å². The summed E-state index contributed by atoms with van der Waals surface area (Å²) in [4.78, 5) is 57.8. The number of hydrogen-bond acceptors (Lipinski definition) is 12. The van der Waals surface area contributed by atoms with Crippen LogP contribution < -0.4 is 39.5 Å². The third-order valence-corrected chi connectivity index (χ3v) is 11.0. The molecule has 5 N–H and O–H groups in total. The fraction of sp³-hybridized carbons (Fsp3) is 0.255. The summed E-state index contributed by atoms with van der Waals surface area (Å²) in [6.45, 7) is 2.17. The Morgan fingerprint density at radius 1 is 0.479 bits per heavy atom. The Morgan fingerprint density at radius 2 is 0.817 bits per heavy atom. The fourth-order valence-electron chi connectivity index (χ4n) is 7.33. The molecule has 0 bridgehead atoms. The van der Waals surface area contributed by atoms with Crippen LogP contribution in [-0.2, 0) is 49.6 Å². The van der Waals surface area contributed by atoms with Gasteiger partial charge >= 0.3 is 23.9 Å². The van der Waals surface area contributed by atoms with E-state index in [0.29, 0.717) is 83.0 Å². The van der Waals surface area contributed by atoms with Crippen molar-refractivity contribution in [2.75, 3.05) is 35.0 Å². The van der Waals surface area contributed by atoms with Crippen molar-refractivity contribution in [2.24, 2.45) is 5.73 Å². The molecule has 6 rings (SSSR count). The van der Waals surface area contributed by atoms with Gasteiger partial charge in [0.05, 0.1) is 46.9 Å². The van der Waals surface area contributed by atoms with Gasteiger partial charge in [-0.1, -0.05) is 48.5 Å². The number of methoxy groups -OCH3 is 4. The normalized spacial score (nSPS) is 11.3. The quantitative estimate of drug-likeness (QED) is 0.0439. The molecule has 0 saturated carbocycles. The van der Waals surface area contributed by atoms with Crippen molar-refractivity contribution in [3.05, 3.63) is 167 Å². The standard InChI is InChI=1S/C28H30O7.C27H28N2O7/c1-4-34-27(29)14-7-19-5-10-22(11-6-19)35-23-12-8-21(9-13-23)26(28(30)31)17-20-15-24(32-2)18-25(16-20)33-3;1-34-22-13-18(14-23(16-22)35-2)15-24(26(31)32)19-6-10-21(11-7-19)36-20-8-3-17(4-9-20)5-12-25(30)29-27(28)33/h5-6,8-13,15-16,18,26H,4,7,14,17H2,1-3H3,(H,30,31);3-4,6-11,13-14,16,24H,5,12,15H2,1-2H3,(H,31,32)(H3,28,29,30,33). The molecule has 6 aromatic carbocycles. The largest absolute Gasteiger partial charge is 0.497 e. The number of urea groups is 1. The van der Waals surface area contributed by atoms with Gasteiger partial charge in [-0.2, -0.15) is 0 Å². The molecular weight excluding hydrogens is 913 g/mol. The second-order valence-electron chi connectivity index (χ2n) is 16.0. The van der Waals surface area contributed by atoms with E-state index in [1.807, 2.05) is 53.8 Å². The number of hydrogen-bond donors (Lipinski definition) is 4. The Labute approximate surface area is 412 Å². The van der Waals surface area contributed by atoms with Gasteiger partial charge in [-0.25, -0.2) is 4.79 Å². The summed E-state index contributed by atoms with van der Waals surface area (Å²) in [5.74, 6) is 0.798. The van der Waals surface area contributed by atoms with Crippen LogP contribution in [0.5, 0.6) is 46.0 Å². The molecule has 372 valence electrons. The molecule has 0 aliphatic rings. The monoisotopic (exact) mass is 970 g/mol. The summed E-state index contributed by atoms with van der Waals surface area (Å²) >= 11 is 0. The van der Waals surface area contributed by atoms with Crippen molar-refractivity contribution in [1.29, 1.82) is 0 Å². The van der Waals surface area contributed by atoms with Gasteiger partial charge in [-0.15, -0.1) is 0 Å². The number of amides is 3. The maximum absolute atomic E-state index is 12.0. The molecule has 0 aliphatic heterocycles. The predicted octanol–water partition coefficient (Wildman–Crippen LogP) is 9.44. The second-order valence-corrected chi connectivity index (χ2v) is 16.0. The van der Waals surface area contributed by atoms with Crippen LogP contribution in [0.25, 0.3) is 0 Å². The smallest absolute Gasteiger partial charge is 0.318 e. The maximum atomic E-state index is 12.0. The van der Waals surface area contributed by atoms with E-state index in [-0.39, 0.29) is 25.2 Å². The van der Waals surface area contributed by atoms with Gasteiger partial charge in [0.15, 0.2) is 0 Å². The molecule has 16 heteroatoms. The molecule has 0 aromatic heterocycles. The van der Waals surface area contributed by atoms with Crippen molar-refractivity contribution < 1.29 is 67.3 Å². The van der Waals surface area contributed by atoms with Crippen LogP contribution in [0.2, 0.25) is 0 Å². The molecule has 71 heavy (non-hydrogen) atoms. The van der Waals surface area contributed by atoms with Crippen molar-refractivity contribution >= 4 is 29.8 Å². The summed E-state index contributed by atoms with van der Waals surface area (Å²) < 4.78 is 37.9. The number of carbonyl (C=O) groups excluding carboxylic acids is 3. The van der Waals surface area contributed by atoms with E-state index in [4.69, 9.17) is 38.9 Å². The Bertz CT molecular complexity index is 2660. The van der Waals surface area contributed by atoms with Crippen molar-refractivity contribution in [3.63, 3.8) is 0 Å². The molecule has 0 spiro atoms. The number of aliphatic carboxylic acids is 2. The lowest BCUT2D eigenvalue weighted by Gasteiger charge is -2.15. The number of aryl methyl sites for hydroxylation is 2. The number of primary amides is 1. The Morgan fingerprint density at radius 3 is 1.13 bits per heavy atom. The van der Waals surface area contributed by atoms with E-state index in [1.165, 1.54) is 0 Å². The Hall–Kier alpha value is -8.53. The second kappa shape index (κ2) is 26.9. The highest BCUT2D eigenvalue weighted by Gasteiger charge is 2.23. The van der Waals surface area contributed by atoms with Crippen LogP contribution in [0.15, 0.2) is 133 Å². The molecule has 0 heterocycles. The van der Waals surface area contributed by atoms with Crippen LogP contribution in [0.3, 0.4) is 0 Å². The number of carboxylic acid groups (broad SMARTS) is 2. The SMILES string of the molecule is CCOC(=O)CCc1ccc(Oc2ccc(C(Cc3cc(OC)cc(OC)c3)C(=O)O)cc2)cc1.COc1cc(CC(C(=O)O)c2ccc(Oc3ccc(CCC(=O)NC(N)=O)cc3)cc2)cc(OC)c1. The maximum Gasteiger partial charge on any atom is 0.318 e. The molecule has 0 aliphatic carbocycles. The average molecular weight is 971 g/mol. The van der Waals surface area contributed by atoms with Gasteiger partial charge in [0, 0.05) is 25.0 Å². The summed E-state index contributed by atoms with van der Waals surface area (Å²) in [7, 11) is 6.21. The van der Waals surface area contributed by atoms with Gasteiger partial charge in [0.2, 0.25) is 5.91 Å². The number of rotatable bonds is 23. The lowest BCUT2D eigenvalue weighted by molar-refractivity contribution is -0.143. The van der Waals surface area contributed by atoms with Crippen molar-refractivity contribution in [1.82, 2.24) is 5.32 Å². The minimum atomic E-state index is -0.939. The van der Waals surface area contributed by atoms with Crippen LogP contribution in [0.4, 0.5) is 4.79 Å². The van der Waals surface area contributed by atoms with Gasteiger partial charge in [-0.05, 0) is 139 Å². The molecule has 2 atom stereocenters. The molecule has 16 nitrogen and oxygen atoms in total. The van der Waals surface area contributed by atoms with Crippen LogP contribution >= 0.6 is 0 Å². The third kappa shape index (κ3) is 17.2. The summed E-state index contributed by atoms with van der Waals surface area (Å²) in [6, 6.07) is 38.5. The highest BCUT2D eigenvalue weighted by molar-refractivity contribution is 5.93. The molecule has 0 radical (unpaired) electrons. The molecule has 3 amide bonds. The lowest BCUT2D eigenvalue weighted by Crippen LogP contribution is -2.35. The number of carboxylic acids is 2. The van der Waals surface area contributed by atoms with Gasteiger partial charge in [0.25, 0.3) is 0 Å². The van der Waals surface area contributed by atoms with Crippen molar-refractivity contribution in [3.8, 4) is 46.0 Å². The number of esters is 1. The highest BCUT2D eigenvalue weighted by atomic mass is 16.5. The van der Waals surface area contributed by atoms with Gasteiger partial charge in [0.1, 0.15) is 46.0 Å². The number of carbonyl (C=O) groups is 5. The molecule has 0 saturated heterocycles. The minimum Gasteiger partial charge on any atom is -0.497 e. The Balaban J connectivity index is 0.000000264. The first kappa shape index (κ1) is 53.4. The van der Waals surface area contributed by atoms with E-state index in [0.717, 1.165) is 22.3 Å². The third-order valence-electron chi connectivity index (χ3n) is 11.0. The molecule has 2 unspecified atom stereocenters. The van der Waals surface area contributed by atoms with Gasteiger partial charge < -0.3 is 49.1 Å². The van der Waals surface area contributed by atoms with E-state index in [1.54, 1.807) is 120 Å². The zero-order valence-corrected chi connectivity index (χ0v) is 40.2. The lowest BCUT2D eigenvalue weighted by atomic mass is 9.92. The number of ether oxygens (including phenoxy) is 7. The number of benzene rings is 6. The Kier molecular flexibility index (Phi) is 20.2. The fourth-order valence-corrected chi connectivity index (χ4v) is 7.33. The molecular formula is C55H58N2O14. The molecule has 6 aromatic rings. The highest BCUT2D eigenvalue weighted by Crippen LogP contribution is 2.32. The summed E-state index contributed by atoms with van der Waals surface area (Å²) in [5.41, 5.74) is 9.73. The number of nitrogens with two attached hydrogens (primary N) is 1. The van der Waals surface area contributed by atoms with Crippen LogP contribution in [-0.4, -0.2) is 75.1 Å². The zero-order chi connectivity index (χ0) is 51.3. The first-order valence-corrected chi connectivity index (χ1v) is 22.6. The predicted molar refractivity (Wildman–Crippen MR) is 264 cm³/mol. The summed E-state index contributed by atoms with van der Waals surface area (Å²) in [6.07, 6.45) is 2.08. The number of nitrogens with one attached hydrogen (secondary N) is 1. The van der Waals surface area contributed by atoms with E-state index < -0.39 is 35.7 Å². The van der Waals surface area contributed by atoms with Crippen LogP contribution in [0, 0.1) is 0 Å². The first-order chi connectivity index (χ1) is 34.2. The van der Waals surface area contributed by atoms with Gasteiger partial charge in [-0.3, -0.25) is 24.5 Å². The zero-order valence-electron chi connectivity index (χ0n) is 40.2. The number of imide groups is 1. The van der Waals surface area contributed by atoms with Crippen LogP contribution in [0.1, 0.15) is 65.0 Å². The summed E-state index contributed by atoms with van der Waals surface area (Å²) in [5, 5.41) is 21.7. The topological polar surface area (TPSA) is 228 Å². The minimum absolute atomic E-state index is 0.137. The first-order valence-electron chi connectivity index (χ1n) is 22.6. The van der Waals surface area contributed by atoms with E-state index in [2.05, 4.69) is 0 Å². The molecule has 0 fully saturated rings. The average Bonchev–Trinajstić information content (AvgIpc) is 3.37. The van der Waals surface area contributed by atoms with E-state index in [9.17, 15) is 34.2 Å².